The lowest BCUT2D eigenvalue weighted by Crippen LogP contribution is -2.32. The van der Waals surface area contributed by atoms with Crippen LogP contribution in [0.4, 0.5) is 15.8 Å². The van der Waals surface area contributed by atoms with E-state index in [1.807, 2.05) is 13.8 Å². The maximum atomic E-state index is 13.8. The van der Waals surface area contributed by atoms with Crippen LogP contribution in [0, 0.1) is 5.82 Å². The number of halogens is 2. The molecule has 0 unspecified atom stereocenters. The van der Waals surface area contributed by atoms with Crippen LogP contribution in [-0.2, 0) is 9.59 Å². The summed E-state index contributed by atoms with van der Waals surface area (Å²) >= 11 is 5.70. The highest BCUT2D eigenvalue weighted by Crippen LogP contribution is 2.30. The first-order chi connectivity index (χ1) is 14.8. The summed E-state index contributed by atoms with van der Waals surface area (Å²) in [6, 6.07) is 9.22. The lowest BCUT2D eigenvalue weighted by Gasteiger charge is -2.17. The first-order valence-corrected chi connectivity index (χ1v) is 10.3. The van der Waals surface area contributed by atoms with Gasteiger partial charge in [-0.15, -0.1) is 0 Å². The summed E-state index contributed by atoms with van der Waals surface area (Å²) in [6.07, 6.45) is 0.101. The highest BCUT2D eigenvalue weighted by atomic mass is 35.5. The van der Waals surface area contributed by atoms with E-state index in [-0.39, 0.29) is 35.5 Å². The number of amides is 2. The number of nitrogens with zero attached hydrogens (tertiary/aromatic N) is 1. The summed E-state index contributed by atoms with van der Waals surface area (Å²) in [5, 5.41) is 5.55. The van der Waals surface area contributed by atoms with Crippen molar-refractivity contribution in [2.24, 2.45) is 0 Å². The molecule has 7 nitrogen and oxygen atoms in total. The van der Waals surface area contributed by atoms with Crippen LogP contribution < -0.4 is 20.1 Å². The highest BCUT2D eigenvalue weighted by molar-refractivity contribution is 6.30. The maximum Gasteiger partial charge on any atom is 0.238 e. The summed E-state index contributed by atoms with van der Waals surface area (Å²) in [4.78, 5) is 26.1. The lowest BCUT2D eigenvalue weighted by molar-refractivity contribution is -0.119. The highest BCUT2D eigenvalue weighted by Gasteiger charge is 2.13. The van der Waals surface area contributed by atoms with Crippen molar-refractivity contribution in [3.63, 3.8) is 0 Å². The number of benzene rings is 2. The second-order valence-corrected chi connectivity index (χ2v) is 7.17. The molecule has 0 aliphatic carbocycles. The second-order valence-electron chi connectivity index (χ2n) is 6.74. The van der Waals surface area contributed by atoms with Crippen molar-refractivity contribution in [3.05, 3.63) is 47.2 Å². The van der Waals surface area contributed by atoms with Gasteiger partial charge in [0.05, 0.1) is 25.4 Å². The molecule has 2 aromatic rings. The van der Waals surface area contributed by atoms with Crippen LogP contribution in [0.15, 0.2) is 36.4 Å². The smallest absolute Gasteiger partial charge is 0.238 e. The lowest BCUT2D eigenvalue weighted by atomic mass is 10.2. The van der Waals surface area contributed by atoms with Crippen LogP contribution >= 0.6 is 11.6 Å². The third-order valence-electron chi connectivity index (χ3n) is 4.17. The van der Waals surface area contributed by atoms with Crippen LogP contribution in [0.2, 0.25) is 5.02 Å². The predicted molar refractivity (Wildman–Crippen MR) is 120 cm³/mol. The summed E-state index contributed by atoms with van der Waals surface area (Å²) in [7, 11) is 1.72. The Morgan fingerprint density at radius 1 is 1.00 bits per heavy atom. The number of ether oxygens (including phenoxy) is 2. The third-order valence-corrected chi connectivity index (χ3v) is 4.40. The molecular formula is C22H27ClFN3O4. The molecule has 2 N–H and O–H groups in total. The van der Waals surface area contributed by atoms with Gasteiger partial charge in [-0.3, -0.25) is 14.5 Å². The Bertz CT molecular complexity index is 910. The zero-order chi connectivity index (χ0) is 22.8. The Morgan fingerprint density at radius 3 is 2.39 bits per heavy atom. The third kappa shape index (κ3) is 8.07. The molecule has 0 heterocycles. The number of hydrogen-bond acceptors (Lipinski definition) is 5. The molecule has 0 aliphatic rings. The van der Waals surface area contributed by atoms with Crippen LogP contribution in [-0.4, -0.2) is 50.1 Å². The average Bonchev–Trinajstić information content (AvgIpc) is 2.71. The van der Waals surface area contributed by atoms with E-state index in [4.69, 9.17) is 21.1 Å². The van der Waals surface area contributed by atoms with E-state index in [2.05, 4.69) is 10.6 Å². The molecule has 168 valence electrons. The molecule has 2 amide bonds. The van der Waals surface area contributed by atoms with Crippen molar-refractivity contribution in [2.45, 2.75) is 20.3 Å². The molecule has 0 atom stereocenters. The van der Waals surface area contributed by atoms with E-state index in [0.717, 1.165) is 6.07 Å². The average molecular weight is 452 g/mol. The summed E-state index contributed by atoms with van der Waals surface area (Å²) < 4.78 is 24.8. The van der Waals surface area contributed by atoms with Gasteiger partial charge in [-0.05, 0) is 51.2 Å². The predicted octanol–water partition coefficient (Wildman–Crippen LogP) is 4.18. The van der Waals surface area contributed by atoms with Gasteiger partial charge >= 0.3 is 0 Å². The fourth-order valence-corrected chi connectivity index (χ4v) is 2.91. The van der Waals surface area contributed by atoms with Gasteiger partial charge in [0.1, 0.15) is 5.82 Å². The van der Waals surface area contributed by atoms with Gasteiger partial charge in [0.15, 0.2) is 11.5 Å². The van der Waals surface area contributed by atoms with Crippen molar-refractivity contribution in [3.8, 4) is 11.5 Å². The summed E-state index contributed by atoms with van der Waals surface area (Å²) in [5.74, 6) is -0.0285. The zero-order valence-corrected chi connectivity index (χ0v) is 18.6. The van der Waals surface area contributed by atoms with Gasteiger partial charge in [0, 0.05) is 29.7 Å². The summed E-state index contributed by atoms with van der Waals surface area (Å²) in [6.45, 7) is 5.14. The normalized spacial score (nSPS) is 10.6. The van der Waals surface area contributed by atoms with E-state index in [9.17, 15) is 14.0 Å². The number of carbonyl (C=O) groups is 2. The zero-order valence-electron chi connectivity index (χ0n) is 17.8. The topological polar surface area (TPSA) is 79.9 Å². The SMILES string of the molecule is CCOc1ccc(NC(=O)CN(C)CCC(=O)Nc2ccc(Cl)cc2F)cc1OCC. The second kappa shape index (κ2) is 12.1. The molecule has 0 aromatic heterocycles. The molecule has 0 radical (unpaired) electrons. The number of carbonyl (C=O) groups excluding carboxylic acids is 2. The van der Waals surface area contributed by atoms with Gasteiger partial charge in [0.2, 0.25) is 11.8 Å². The standard InChI is InChI=1S/C22H27ClFN3O4/c1-4-30-19-9-7-16(13-20(19)31-5-2)25-22(29)14-27(3)11-10-21(28)26-18-8-6-15(23)12-17(18)24/h6-9,12-13H,4-5,10-11,14H2,1-3H3,(H,25,29)(H,26,28). The van der Waals surface area contributed by atoms with Gasteiger partial charge in [-0.25, -0.2) is 4.39 Å². The minimum absolute atomic E-state index is 0.0652. The minimum atomic E-state index is -0.602. The van der Waals surface area contributed by atoms with E-state index in [0.29, 0.717) is 36.9 Å². The number of likely N-dealkylation sites (N-methyl/N-ethyl adjacent to an activating group) is 1. The summed E-state index contributed by atoms with van der Waals surface area (Å²) in [5.41, 5.74) is 0.650. The van der Waals surface area contributed by atoms with E-state index < -0.39 is 5.82 Å². The molecule has 0 bridgehead atoms. The van der Waals surface area contributed by atoms with Crippen LogP contribution in [0.5, 0.6) is 11.5 Å². The van der Waals surface area contributed by atoms with Crippen molar-refractivity contribution in [2.75, 3.05) is 44.0 Å². The molecule has 0 aliphatic heterocycles. The molecule has 9 heteroatoms. The van der Waals surface area contributed by atoms with E-state index in [1.165, 1.54) is 12.1 Å². The van der Waals surface area contributed by atoms with E-state index in [1.54, 1.807) is 30.1 Å². The van der Waals surface area contributed by atoms with Gasteiger partial charge in [-0.2, -0.15) is 0 Å². The fraction of sp³-hybridized carbons (Fsp3) is 0.364. The Kier molecular flexibility index (Phi) is 9.55. The van der Waals surface area contributed by atoms with Gasteiger partial charge < -0.3 is 20.1 Å². The Hall–Kier alpha value is -2.84. The number of nitrogens with one attached hydrogen (secondary N) is 2. The molecule has 0 saturated carbocycles. The van der Waals surface area contributed by atoms with Crippen molar-refractivity contribution >= 4 is 34.8 Å². The van der Waals surface area contributed by atoms with Crippen molar-refractivity contribution in [1.82, 2.24) is 4.90 Å². The van der Waals surface area contributed by atoms with Crippen LogP contribution in [0.25, 0.3) is 0 Å². The monoisotopic (exact) mass is 451 g/mol. The molecule has 2 rings (SSSR count). The first-order valence-electron chi connectivity index (χ1n) is 9.95. The Labute approximate surface area is 186 Å². The van der Waals surface area contributed by atoms with Gasteiger partial charge in [0.25, 0.3) is 0 Å². The van der Waals surface area contributed by atoms with Crippen molar-refractivity contribution in [1.29, 1.82) is 0 Å². The van der Waals surface area contributed by atoms with Crippen molar-refractivity contribution < 1.29 is 23.5 Å². The molecule has 2 aromatic carbocycles. The maximum absolute atomic E-state index is 13.8. The van der Waals surface area contributed by atoms with E-state index >= 15 is 0 Å². The molecular weight excluding hydrogens is 425 g/mol. The quantitative estimate of drug-likeness (QED) is 0.536. The van der Waals surface area contributed by atoms with Crippen LogP contribution in [0.3, 0.4) is 0 Å². The first kappa shape index (κ1) is 24.4. The van der Waals surface area contributed by atoms with Crippen LogP contribution in [0.1, 0.15) is 20.3 Å². The minimum Gasteiger partial charge on any atom is -0.490 e. The molecule has 0 spiro atoms. The largest absolute Gasteiger partial charge is 0.490 e. The van der Waals surface area contributed by atoms with Gasteiger partial charge in [-0.1, -0.05) is 11.6 Å². The number of anilines is 2. The fourth-order valence-electron chi connectivity index (χ4n) is 2.75. The molecule has 0 fully saturated rings. The number of rotatable bonds is 11. The Balaban J connectivity index is 1.82. The molecule has 0 saturated heterocycles. The Morgan fingerprint density at radius 2 is 1.71 bits per heavy atom. The number of hydrogen-bond donors (Lipinski definition) is 2. The molecule has 31 heavy (non-hydrogen) atoms.